The van der Waals surface area contributed by atoms with Crippen LogP contribution in [0, 0.1) is 0 Å². The lowest BCUT2D eigenvalue weighted by Gasteiger charge is -2.16. The molecule has 0 amide bonds. The van der Waals surface area contributed by atoms with Gasteiger partial charge >= 0.3 is 0 Å². The Morgan fingerprint density at radius 1 is 0.960 bits per heavy atom. The van der Waals surface area contributed by atoms with Crippen LogP contribution in [-0.4, -0.2) is 16.6 Å². The highest BCUT2D eigenvalue weighted by molar-refractivity contribution is 7.99. The molecule has 1 atom stereocenters. The lowest BCUT2D eigenvalue weighted by molar-refractivity contribution is 0.610. The van der Waals surface area contributed by atoms with Crippen LogP contribution in [0.5, 0.6) is 0 Å². The molecule has 1 aromatic heterocycles. The van der Waals surface area contributed by atoms with Crippen LogP contribution in [0.15, 0.2) is 36.5 Å². The van der Waals surface area contributed by atoms with E-state index >= 15 is 0 Å². The molecule has 1 rings (SSSR count). The first-order valence-electron chi connectivity index (χ1n) is 10.2. The van der Waals surface area contributed by atoms with Crippen molar-refractivity contribution in [1.29, 1.82) is 0 Å². The van der Waals surface area contributed by atoms with Gasteiger partial charge in [0.1, 0.15) is 5.82 Å². The average molecular weight is 363 g/mol. The third kappa shape index (κ3) is 13.0. The Balaban J connectivity index is 1.94. The molecule has 1 aromatic rings. The van der Waals surface area contributed by atoms with Crippen molar-refractivity contribution in [2.24, 2.45) is 0 Å². The Morgan fingerprint density at radius 2 is 1.64 bits per heavy atom. The lowest BCUT2D eigenvalue weighted by atomic mass is 10.1. The van der Waals surface area contributed by atoms with Crippen molar-refractivity contribution in [3.05, 3.63) is 36.5 Å². The van der Waals surface area contributed by atoms with E-state index in [0.717, 1.165) is 5.82 Å². The van der Waals surface area contributed by atoms with E-state index in [1.807, 2.05) is 36.2 Å². The molecule has 0 aliphatic carbocycles. The second-order valence-corrected chi connectivity index (χ2v) is 7.79. The van der Waals surface area contributed by atoms with Gasteiger partial charge < -0.3 is 5.32 Å². The number of allylic oxidation sites excluding steroid dienone is 2. The van der Waals surface area contributed by atoms with Crippen LogP contribution in [-0.2, 0) is 0 Å². The number of nitrogens with one attached hydrogen (secondary N) is 1. The molecule has 25 heavy (non-hydrogen) atoms. The molecule has 0 aromatic carbocycles. The van der Waals surface area contributed by atoms with Crippen LogP contribution >= 0.6 is 11.8 Å². The van der Waals surface area contributed by atoms with E-state index in [-0.39, 0.29) is 0 Å². The van der Waals surface area contributed by atoms with Gasteiger partial charge in [0, 0.05) is 6.20 Å². The molecule has 142 valence electrons. The smallest absolute Gasteiger partial charge is 0.126 e. The average Bonchev–Trinajstić information content (AvgIpc) is 2.65. The zero-order chi connectivity index (χ0) is 18.0. The summed E-state index contributed by atoms with van der Waals surface area (Å²) in [5.74, 6) is 0.986. The first-order chi connectivity index (χ1) is 12.4. The van der Waals surface area contributed by atoms with Crippen molar-refractivity contribution in [1.82, 2.24) is 4.98 Å². The lowest BCUT2D eigenvalue weighted by Crippen LogP contribution is -2.15. The van der Waals surface area contributed by atoms with Crippen LogP contribution in [0.4, 0.5) is 5.82 Å². The molecule has 3 heteroatoms. The largest absolute Gasteiger partial charge is 0.358 e. The van der Waals surface area contributed by atoms with E-state index in [1.54, 1.807) is 0 Å². The molecular formula is C22H38N2S. The fourth-order valence-corrected chi connectivity index (χ4v) is 3.55. The quantitative estimate of drug-likeness (QED) is 0.188. The Kier molecular flexibility index (Phi) is 14.6. The normalized spacial score (nSPS) is 12.6. The summed E-state index contributed by atoms with van der Waals surface area (Å²) in [6, 6.07) is 6.03. The van der Waals surface area contributed by atoms with E-state index < -0.39 is 0 Å². The summed E-state index contributed by atoms with van der Waals surface area (Å²) < 4.78 is 0. The number of hydrogen-bond donors (Lipinski definition) is 1. The fourth-order valence-electron chi connectivity index (χ4n) is 2.91. The molecule has 0 aliphatic rings. The number of thioether (sulfide) groups is 1. The van der Waals surface area contributed by atoms with E-state index in [4.69, 9.17) is 0 Å². The van der Waals surface area contributed by atoms with Gasteiger partial charge in [-0.2, -0.15) is 0 Å². The summed E-state index contributed by atoms with van der Waals surface area (Å²) in [6.45, 7) is 2.28. The molecule has 2 nitrogen and oxygen atoms in total. The van der Waals surface area contributed by atoms with Crippen LogP contribution in [0.1, 0.15) is 84.0 Å². The molecule has 0 aliphatic heterocycles. The standard InChI is InChI=1S/C22H38N2S/c1-3-4-5-6-7-8-9-10-11-12-13-14-15-19-22(25-2)24-21-18-16-17-20-23-21/h10-11,16-18,20,22H,3-9,12-15,19H2,1-2H3,(H,23,24)/b11-10-. The SMILES string of the molecule is CCCCCCCC/C=C\CCCCCC(Nc1ccccn1)SC. The minimum atomic E-state index is 0.471. The number of unbranched alkanes of at least 4 members (excludes halogenated alkanes) is 9. The minimum absolute atomic E-state index is 0.471. The molecule has 0 bridgehead atoms. The van der Waals surface area contributed by atoms with Gasteiger partial charge in [-0.05, 0) is 50.5 Å². The molecule has 1 N–H and O–H groups in total. The van der Waals surface area contributed by atoms with Gasteiger partial charge in [0.15, 0.2) is 0 Å². The van der Waals surface area contributed by atoms with Gasteiger partial charge in [-0.3, -0.25) is 0 Å². The number of rotatable bonds is 16. The predicted octanol–water partition coefficient (Wildman–Crippen LogP) is 7.44. The highest BCUT2D eigenvalue weighted by atomic mass is 32.2. The first kappa shape index (κ1) is 22.1. The number of hydrogen-bond acceptors (Lipinski definition) is 3. The van der Waals surface area contributed by atoms with Crippen LogP contribution < -0.4 is 5.32 Å². The summed E-state index contributed by atoms with van der Waals surface area (Å²) in [5.41, 5.74) is 0. The van der Waals surface area contributed by atoms with E-state index in [9.17, 15) is 0 Å². The highest BCUT2D eigenvalue weighted by Crippen LogP contribution is 2.18. The Morgan fingerprint density at radius 3 is 2.28 bits per heavy atom. The third-order valence-electron chi connectivity index (χ3n) is 4.49. The molecule has 1 unspecified atom stereocenters. The monoisotopic (exact) mass is 362 g/mol. The second kappa shape index (κ2) is 16.5. The van der Waals surface area contributed by atoms with Crippen molar-refractivity contribution in [2.75, 3.05) is 11.6 Å². The topological polar surface area (TPSA) is 24.9 Å². The van der Waals surface area contributed by atoms with Gasteiger partial charge in [-0.25, -0.2) is 4.98 Å². The molecule has 0 saturated heterocycles. The summed E-state index contributed by atoms with van der Waals surface area (Å²) in [6.07, 6.45) is 24.8. The van der Waals surface area contributed by atoms with E-state index in [2.05, 4.69) is 35.6 Å². The molecule has 1 heterocycles. The molecule has 0 fully saturated rings. The Bertz CT molecular complexity index is 419. The second-order valence-electron chi connectivity index (χ2n) is 6.75. The van der Waals surface area contributed by atoms with E-state index in [1.165, 1.54) is 77.0 Å². The van der Waals surface area contributed by atoms with E-state index in [0.29, 0.717) is 5.37 Å². The molecular weight excluding hydrogens is 324 g/mol. The Hall–Kier alpha value is -0.960. The minimum Gasteiger partial charge on any atom is -0.358 e. The highest BCUT2D eigenvalue weighted by Gasteiger charge is 2.06. The van der Waals surface area contributed by atoms with Gasteiger partial charge in [-0.15, -0.1) is 11.8 Å². The zero-order valence-corrected chi connectivity index (χ0v) is 17.2. The van der Waals surface area contributed by atoms with Crippen molar-refractivity contribution in [3.8, 4) is 0 Å². The summed E-state index contributed by atoms with van der Waals surface area (Å²) >= 11 is 1.88. The maximum absolute atomic E-state index is 4.35. The van der Waals surface area contributed by atoms with Crippen molar-refractivity contribution in [2.45, 2.75) is 89.3 Å². The zero-order valence-electron chi connectivity index (χ0n) is 16.4. The predicted molar refractivity (Wildman–Crippen MR) is 115 cm³/mol. The van der Waals surface area contributed by atoms with Crippen LogP contribution in [0.25, 0.3) is 0 Å². The summed E-state index contributed by atoms with van der Waals surface area (Å²) in [7, 11) is 0. The van der Waals surface area contributed by atoms with Gasteiger partial charge in [0.2, 0.25) is 0 Å². The van der Waals surface area contributed by atoms with Crippen molar-refractivity contribution < 1.29 is 0 Å². The van der Waals surface area contributed by atoms with Crippen LogP contribution in [0.2, 0.25) is 0 Å². The maximum Gasteiger partial charge on any atom is 0.126 e. The van der Waals surface area contributed by atoms with Gasteiger partial charge in [0.25, 0.3) is 0 Å². The molecule has 0 radical (unpaired) electrons. The first-order valence-corrected chi connectivity index (χ1v) is 11.5. The fraction of sp³-hybridized carbons (Fsp3) is 0.682. The maximum atomic E-state index is 4.35. The summed E-state index contributed by atoms with van der Waals surface area (Å²) in [4.78, 5) is 4.35. The van der Waals surface area contributed by atoms with Gasteiger partial charge in [0.05, 0.1) is 5.37 Å². The summed E-state index contributed by atoms with van der Waals surface area (Å²) in [5, 5.41) is 3.98. The van der Waals surface area contributed by atoms with Gasteiger partial charge in [-0.1, -0.05) is 70.1 Å². The molecule has 0 saturated carbocycles. The number of anilines is 1. The third-order valence-corrected chi connectivity index (χ3v) is 5.41. The number of pyridine rings is 1. The number of aromatic nitrogens is 1. The van der Waals surface area contributed by atoms with Crippen molar-refractivity contribution >= 4 is 17.6 Å². The Labute approximate surface area is 160 Å². The number of nitrogens with zero attached hydrogens (tertiary/aromatic N) is 1. The molecule has 0 spiro atoms. The van der Waals surface area contributed by atoms with Crippen molar-refractivity contribution in [3.63, 3.8) is 0 Å². The van der Waals surface area contributed by atoms with Crippen LogP contribution in [0.3, 0.4) is 0 Å².